The van der Waals surface area contributed by atoms with Gasteiger partial charge in [0.1, 0.15) is 5.75 Å². The molecule has 4 nitrogen and oxygen atoms in total. The fraction of sp³-hybridized carbons (Fsp3) is 0.435. The quantitative estimate of drug-likeness (QED) is 0.728. The van der Waals surface area contributed by atoms with Crippen LogP contribution in [0.4, 0.5) is 0 Å². The maximum absolute atomic E-state index is 12.4. The molecule has 150 valence electrons. The predicted molar refractivity (Wildman–Crippen MR) is 114 cm³/mol. The first kappa shape index (κ1) is 20.7. The van der Waals surface area contributed by atoms with E-state index in [1.54, 1.807) is 0 Å². The van der Waals surface area contributed by atoms with Crippen LogP contribution in [0.2, 0.25) is 5.02 Å². The second-order valence-electron chi connectivity index (χ2n) is 7.40. The summed E-state index contributed by atoms with van der Waals surface area (Å²) >= 11 is 6.49. The van der Waals surface area contributed by atoms with E-state index in [9.17, 15) is 4.79 Å². The van der Waals surface area contributed by atoms with Crippen LogP contribution in [-0.4, -0.2) is 37.0 Å². The summed E-state index contributed by atoms with van der Waals surface area (Å²) in [6.45, 7) is 4.61. The van der Waals surface area contributed by atoms with E-state index in [4.69, 9.17) is 16.3 Å². The lowest BCUT2D eigenvalue weighted by Crippen LogP contribution is -2.40. The third kappa shape index (κ3) is 5.98. The molecule has 0 radical (unpaired) electrons. The van der Waals surface area contributed by atoms with E-state index in [-0.39, 0.29) is 18.6 Å². The molecule has 1 aliphatic heterocycles. The molecule has 3 rings (SSSR count). The van der Waals surface area contributed by atoms with Crippen LogP contribution in [0.1, 0.15) is 42.9 Å². The molecule has 0 aliphatic carbocycles. The highest BCUT2D eigenvalue weighted by Crippen LogP contribution is 2.29. The van der Waals surface area contributed by atoms with Crippen LogP contribution >= 0.6 is 11.6 Å². The Hall–Kier alpha value is -2.04. The smallest absolute Gasteiger partial charge is 0.258 e. The van der Waals surface area contributed by atoms with Crippen molar-refractivity contribution in [2.45, 2.75) is 38.6 Å². The van der Waals surface area contributed by atoms with Crippen LogP contribution in [0, 0.1) is 6.92 Å². The molecule has 0 aromatic heterocycles. The normalized spacial score (nSPS) is 16.2. The monoisotopic (exact) mass is 400 g/mol. The second-order valence-corrected chi connectivity index (χ2v) is 7.80. The molecule has 1 fully saturated rings. The van der Waals surface area contributed by atoms with Gasteiger partial charge in [-0.05, 0) is 62.2 Å². The number of nitrogens with zero attached hydrogens (tertiary/aromatic N) is 1. The van der Waals surface area contributed by atoms with Crippen molar-refractivity contribution in [3.05, 3.63) is 64.7 Å². The number of amides is 1. The van der Waals surface area contributed by atoms with Gasteiger partial charge >= 0.3 is 0 Å². The van der Waals surface area contributed by atoms with Gasteiger partial charge in [-0.3, -0.25) is 9.69 Å². The lowest BCUT2D eigenvalue weighted by molar-refractivity contribution is -0.123. The second kappa shape index (κ2) is 10.5. The minimum atomic E-state index is -0.117. The van der Waals surface area contributed by atoms with Gasteiger partial charge in [-0.1, -0.05) is 54.8 Å². The van der Waals surface area contributed by atoms with Crippen LogP contribution in [0.5, 0.6) is 5.75 Å². The number of carbonyl (C=O) groups is 1. The van der Waals surface area contributed by atoms with E-state index < -0.39 is 0 Å². The third-order valence-corrected chi connectivity index (χ3v) is 5.54. The first-order valence-corrected chi connectivity index (χ1v) is 10.5. The zero-order valence-electron chi connectivity index (χ0n) is 16.5. The molecule has 0 unspecified atom stereocenters. The lowest BCUT2D eigenvalue weighted by atomic mass is 10.0. The Morgan fingerprint density at radius 2 is 1.86 bits per heavy atom. The minimum absolute atomic E-state index is 0.0126. The Morgan fingerprint density at radius 3 is 2.57 bits per heavy atom. The van der Waals surface area contributed by atoms with Crippen LogP contribution in [0.3, 0.4) is 0 Å². The Bertz CT molecular complexity index is 773. The Balaban J connectivity index is 1.62. The van der Waals surface area contributed by atoms with Gasteiger partial charge in [-0.2, -0.15) is 0 Å². The number of hydrogen-bond acceptors (Lipinski definition) is 3. The number of carbonyl (C=O) groups excluding carboxylic acids is 1. The number of hydrogen-bond donors (Lipinski definition) is 1. The maximum Gasteiger partial charge on any atom is 0.258 e. The SMILES string of the molecule is Cc1cccc(OCC(=O)NC[C@@H](c2ccccc2Cl)N2CCCCCC2)c1. The molecule has 2 aromatic carbocycles. The van der Waals surface area contributed by atoms with Crippen molar-refractivity contribution in [1.82, 2.24) is 10.2 Å². The fourth-order valence-corrected chi connectivity index (χ4v) is 3.97. The third-order valence-electron chi connectivity index (χ3n) is 5.20. The highest BCUT2D eigenvalue weighted by Gasteiger charge is 2.24. The van der Waals surface area contributed by atoms with Gasteiger partial charge in [0.05, 0.1) is 6.04 Å². The average Bonchev–Trinajstić information content (AvgIpc) is 2.97. The van der Waals surface area contributed by atoms with Gasteiger partial charge in [0.25, 0.3) is 5.91 Å². The van der Waals surface area contributed by atoms with E-state index in [1.807, 2.05) is 49.4 Å². The fourth-order valence-electron chi connectivity index (χ4n) is 3.70. The summed E-state index contributed by atoms with van der Waals surface area (Å²) in [7, 11) is 0. The molecule has 1 atom stereocenters. The van der Waals surface area contributed by atoms with Gasteiger partial charge in [0.2, 0.25) is 0 Å². The van der Waals surface area contributed by atoms with Gasteiger partial charge in [-0.25, -0.2) is 0 Å². The largest absolute Gasteiger partial charge is 0.484 e. The number of benzene rings is 2. The predicted octanol–water partition coefficient (Wildman–Crippen LogP) is 4.76. The van der Waals surface area contributed by atoms with Crippen LogP contribution in [0.15, 0.2) is 48.5 Å². The molecule has 0 spiro atoms. The molecule has 0 saturated carbocycles. The molecule has 2 aromatic rings. The first-order chi connectivity index (χ1) is 13.6. The van der Waals surface area contributed by atoms with Crippen molar-refractivity contribution in [1.29, 1.82) is 0 Å². The van der Waals surface area contributed by atoms with Crippen molar-refractivity contribution in [3.8, 4) is 5.75 Å². The maximum atomic E-state index is 12.4. The zero-order valence-corrected chi connectivity index (χ0v) is 17.3. The van der Waals surface area contributed by atoms with E-state index >= 15 is 0 Å². The Morgan fingerprint density at radius 1 is 1.11 bits per heavy atom. The molecule has 1 heterocycles. The van der Waals surface area contributed by atoms with Gasteiger partial charge in [0.15, 0.2) is 6.61 Å². The van der Waals surface area contributed by atoms with Crippen molar-refractivity contribution in [3.63, 3.8) is 0 Å². The molecule has 1 saturated heterocycles. The molecule has 0 bridgehead atoms. The minimum Gasteiger partial charge on any atom is -0.484 e. The molecule has 1 amide bonds. The molecule has 5 heteroatoms. The number of likely N-dealkylation sites (tertiary alicyclic amines) is 1. The van der Waals surface area contributed by atoms with Gasteiger partial charge in [-0.15, -0.1) is 0 Å². The number of rotatable bonds is 7. The molecular formula is C23H29ClN2O2. The summed E-state index contributed by atoms with van der Waals surface area (Å²) in [5, 5.41) is 3.80. The molecule has 1 N–H and O–H groups in total. The lowest BCUT2D eigenvalue weighted by Gasteiger charge is -2.31. The van der Waals surface area contributed by atoms with E-state index in [0.717, 1.165) is 29.2 Å². The average molecular weight is 401 g/mol. The summed E-state index contributed by atoms with van der Waals surface area (Å²) in [6, 6.07) is 15.7. The van der Waals surface area contributed by atoms with Gasteiger partial charge in [0, 0.05) is 11.6 Å². The summed E-state index contributed by atoms with van der Waals surface area (Å²) in [6.07, 6.45) is 4.90. The van der Waals surface area contributed by atoms with E-state index in [0.29, 0.717) is 12.3 Å². The van der Waals surface area contributed by atoms with Crippen LogP contribution < -0.4 is 10.1 Å². The highest BCUT2D eigenvalue weighted by atomic mass is 35.5. The van der Waals surface area contributed by atoms with Gasteiger partial charge < -0.3 is 10.1 Å². The van der Waals surface area contributed by atoms with Crippen molar-refractivity contribution in [2.24, 2.45) is 0 Å². The van der Waals surface area contributed by atoms with Crippen LogP contribution in [0.25, 0.3) is 0 Å². The van der Waals surface area contributed by atoms with E-state index in [1.165, 1.54) is 25.7 Å². The zero-order chi connectivity index (χ0) is 19.8. The molecule has 28 heavy (non-hydrogen) atoms. The Labute approximate surface area is 172 Å². The number of halogens is 1. The summed E-state index contributed by atoms with van der Waals surface area (Å²) in [5.74, 6) is 0.596. The van der Waals surface area contributed by atoms with Crippen molar-refractivity contribution < 1.29 is 9.53 Å². The number of nitrogens with one attached hydrogen (secondary N) is 1. The number of ether oxygens (including phenoxy) is 1. The highest BCUT2D eigenvalue weighted by molar-refractivity contribution is 6.31. The topological polar surface area (TPSA) is 41.6 Å². The summed E-state index contributed by atoms with van der Waals surface area (Å²) < 4.78 is 5.62. The number of aryl methyl sites for hydroxylation is 1. The Kier molecular flexibility index (Phi) is 7.75. The standard InChI is InChI=1S/C23H29ClN2O2/c1-18-9-8-10-19(15-18)28-17-23(27)25-16-22(20-11-4-5-12-21(20)24)26-13-6-2-3-7-14-26/h4-5,8-12,15,22H,2-3,6-7,13-14,16-17H2,1H3,(H,25,27)/t22-/m0/s1. The van der Waals surface area contributed by atoms with Crippen molar-refractivity contribution in [2.75, 3.05) is 26.2 Å². The molecule has 1 aliphatic rings. The molecular weight excluding hydrogens is 372 g/mol. The summed E-state index contributed by atoms with van der Waals surface area (Å²) in [5.41, 5.74) is 2.18. The van der Waals surface area contributed by atoms with E-state index in [2.05, 4.69) is 16.3 Å². The summed E-state index contributed by atoms with van der Waals surface area (Å²) in [4.78, 5) is 14.8. The van der Waals surface area contributed by atoms with Crippen molar-refractivity contribution >= 4 is 17.5 Å². The first-order valence-electron chi connectivity index (χ1n) is 10.1. The van der Waals surface area contributed by atoms with Crippen LogP contribution in [-0.2, 0) is 4.79 Å².